The van der Waals surface area contributed by atoms with E-state index < -0.39 is 5.91 Å². The summed E-state index contributed by atoms with van der Waals surface area (Å²) in [6, 6.07) is 15.8. The van der Waals surface area contributed by atoms with E-state index in [9.17, 15) is 4.79 Å². The fraction of sp³-hybridized carbons (Fsp3) is 0.125. The first-order valence-electron chi connectivity index (χ1n) is 10.2. The average molecular weight is 516 g/mol. The molecule has 3 aromatic carbocycles. The molecule has 4 aromatic rings. The van der Waals surface area contributed by atoms with Crippen LogP contribution in [-0.4, -0.2) is 29.7 Å². The van der Waals surface area contributed by atoms with Crippen LogP contribution in [-0.2, 0) is 0 Å². The van der Waals surface area contributed by atoms with E-state index >= 15 is 0 Å². The number of carbonyl (C=O) groups is 1. The maximum absolute atomic E-state index is 12.7. The summed E-state index contributed by atoms with van der Waals surface area (Å²) in [6.07, 6.45) is 0. The number of hydrogen-bond acceptors (Lipinski definition) is 6. The Morgan fingerprint density at radius 2 is 1.88 bits per heavy atom. The smallest absolute Gasteiger partial charge is 0.261 e. The number of ether oxygens (including phenoxy) is 2. The van der Waals surface area contributed by atoms with Gasteiger partial charge in [0.25, 0.3) is 5.91 Å². The quantitative estimate of drug-likeness (QED) is 0.290. The minimum absolute atomic E-state index is 0.0812. The molecule has 174 valence electrons. The topological polar surface area (TPSA) is 85.6 Å². The first kappa shape index (κ1) is 23.8. The van der Waals surface area contributed by atoms with E-state index in [0.29, 0.717) is 34.3 Å². The van der Waals surface area contributed by atoms with Crippen molar-refractivity contribution in [3.63, 3.8) is 0 Å². The fourth-order valence-electron chi connectivity index (χ4n) is 3.26. The Bertz CT molecular complexity index is 1370. The third-order valence-electron chi connectivity index (χ3n) is 4.74. The SMILES string of the molecule is CCOc1ccc(-c2nc3cc(NC(=S)NC(=O)c4cc(Cl)cc(Cl)c4OC)ccc3o2)cc1. The van der Waals surface area contributed by atoms with Crippen molar-refractivity contribution in [3.8, 4) is 23.0 Å². The Kier molecular flexibility index (Phi) is 7.21. The van der Waals surface area contributed by atoms with Gasteiger partial charge in [-0.1, -0.05) is 23.2 Å². The lowest BCUT2D eigenvalue weighted by Crippen LogP contribution is -2.34. The molecule has 1 amide bonds. The molecule has 0 aliphatic carbocycles. The van der Waals surface area contributed by atoms with Crippen LogP contribution in [0.4, 0.5) is 5.69 Å². The van der Waals surface area contributed by atoms with Gasteiger partial charge in [-0.2, -0.15) is 0 Å². The number of rotatable bonds is 6. The minimum atomic E-state index is -0.515. The van der Waals surface area contributed by atoms with E-state index in [2.05, 4.69) is 15.6 Å². The number of carbonyl (C=O) groups excluding carboxylic acids is 1. The molecule has 0 unspecified atom stereocenters. The van der Waals surface area contributed by atoms with Crippen molar-refractivity contribution in [2.24, 2.45) is 0 Å². The Labute approximate surface area is 211 Å². The number of anilines is 1. The van der Waals surface area contributed by atoms with Crippen LogP contribution in [0.25, 0.3) is 22.6 Å². The van der Waals surface area contributed by atoms with Gasteiger partial charge < -0.3 is 19.2 Å². The maximum atomic E-state index is 12.7. The summed E-state index contributed by atoms with van der Waals surface area (Å²) in [7, 11) is 1.41. The predicted molar refractivity (Wildman–Crippen MR) is 137 cm³/mol. The molecule has 0 radical (unpaired) electrons. The van der Waals surface area contributed by atoms with Gasteiger partial charge in [-0.25, -0.2) is 4.98 Å². The van der Waals surface area contributed by atoms with Crippen molar-refractivity contribution in [1.82, 2.24) is 10.3 Å². The molecule has 0 saturated heterocycles. The van der Waals surface area contributed by atoms with Gasteiger partial charge in [-0.15, -0.1) is 0 Å². The summed E-state index contributed by atoms with van der Waals surface area (Å²) in [5.41, 5.74) is 2.86. The van der Waals surface area contributed by atoms with E-state index in [4.69, 9.17) is 49.3 Å². The van der Waals surface area contributed by atoms with Crippen molar-refractivity contribution in [2.45, 2.75) is 6.92 Å². The van der Waals surface area contributed by atoms with Gasteiger partial charge in [0.2, 0.25) is 5.89 Å². The van der Waals surface area contributed by atoms with Gasteiger partial charge in [-0.05, 0) is 73.7 Å². The van der Waals surface area contributed by atoms with Crippen LogP contribution in [0.3, 0.4) is 0 Å². The van der Waals surface area contributed by atoms with Crippen LogP contribution in [0, 0.1) is 0 Å². The first-order chi connectivity index (χ1) is 16.4. The second kappa shape index (κ2) is 10.3. The molecule has 0 spiro atoms. The zero-order valence-electron chi connectivity index (χ0n) is 18.1. The van der Waals surface area contributed by atoms with Gasteiger partial charge in [0.1, 0.15) is 17.0 Å². The molecular weight excluding hydrogens is 497 g/mol. The molecule has 0 aliphatic heterocycles. The van der Waals surface area contributed by atoms with E-state index in [-0.39, 0.29) is 21.4 Å². The normalized spacial score (nSPS) is 10.7. The number of thiocarbonyl (C=S) groups is 1. The van der Waals surface area contributed by atoms with Gasteiger partial charge in [0.05, 0.1) is 24.3 Å². The van der Waals surface area contributed by atoms with Crippen LogP contribution < -0.4 is 20.1 Å². The molecule has 1 heterocycles. The van der Waals surface area contributed by atoms with Gasteiger partial charge >= 0.3 is 0 Å². The van der Waals surface area contributed by atoms with Gasteiger partial charge in [-0.3, -0.25) is 10.1 Å². The first-order valence-corrected chi connectivity index (χ1v) is 11.3. The van der Waals surface area contributed by atoms with E-state index in [1.165, 1.54) is 19.2 Å². The fourth-order valence-corrected chi connectivity index (χ4v) is 4.04. The molecule has 1 aromatic heterocycles. The van der Waals surface area contributed by atoms with Crippen LogP contribution >= 0.6 is 35.4 Å². The number of benzene rings is 3. The predicted octanol–water partition coefficient (Wildman–Crippen LogP) is 6.34. The summed E-state index contributed by atoms with van der Waals surface area (Å²) in [4.78, 5) is 17.2. The molecule has 0 atom stereocenters. The number of aromatic nitrogens is 1. The van der Waals surface area contributed by atoms with E-state index in [1.54, 1.807) is 18.2 Å². The monoisotopic (exact) mass is 515 g/mol. The Hall–Kier alpha value is -3.33. The highest BCUT2D eigenvalue weighted by atomic mass is 35.5. The molecule has 0 fully saturated rings. The lowest BCUT2D eigenvalue weighted by molar-refractivity contribution is 0.0974. The second-order valence-corrected chi connectivity index (χ2v) is 8.29. The molecule has 2 N–H and O–H groups in total. The average Bonchev–Trinajstić information content (AvgIpc) is 3.22. The number of halogens is 2. The molecule has 7 nitrogen and oxygen atoms in total. The molecule has 34 heavy (non-hydrogen) atoms. The van der Waals surface area contributed by atoms with Crippen molar-refractivity contribution >= 4 is 63.2 Å². The third-order valence-corrected chi connectivity index (χ3v) is 5.44. The summed E-state index contributed by atoms with van der Waals surface area (Å²) in [5, 5.41) is 6.17. The highest BCUT2D eigenvalue weighted by Crippen LogP contribution is 2.32. The molecule has 0 saturated carbocycles. The second-order valence-electron chi connectivity index (χ2n) is 7.04. The summed E-state index contributed by atoms with van der Waals surface area (Å²) < 4.78 is 16.5. The van der Waals surface area contributed by atoms with Crippen molar-refractivity contribution < 1.29 is 18.7 Å². The lowest BCUT2D eigenvalue weighted by Gasteiger charge is -2.13. The Balaban J connectivity index is 1.48. The summed E-state index contributed by atoms with van der Waals surface area (Å²) >= 11 is 17.4. The number of oxazole rings is 1. The third kappa shape index (κ3) is 5.25. The number of nitrogens with one attached hydrogen (secondary N) is 2. The Morgan fingerprint density at radius 3 is 2.59 bits per heavy atom. The highest BCUT2D eigenvalue weighted by Gasteiger charge is 2.18. The van der Waals surface area contributed by atoms with Crippen LogP contribution in [0.15, 0.2) is 59.0 Å². The van der Waals surface area contributed by atoms with Crippen LogP contribution in [0.1, 0.15) is 17.3 Å². The number of hydrogen-bond donors (Lipinski definition) is 2. The van der Waals surface area contributed by atoms with E-state index in [1.807, 2.05) is 31.2 Å². The van der Waals surface area contributed by atoms with Crippen LogP contribution in [0.2, 0.25) is 10.0 Å². The zero-order chi connectivity index (χ0) is 24.2. The number of methoxy groups -OCH3 is 1. The van der Waals surface area contributed by atoms with Crippen molar-refractivity contribution in [3.05, 3.63) is 70.2 Å². The van der Waals surface area contributed by atoms with E-state index in [0.717, 1.165) is 11.3 Å². The van der Waals surface area contributed by atoms with Crippen molar-refractivity contribution in [1.29, 1.82) is 0 Å². The van der Waals surface area contributed by atoms with Gasteiger partial charge in [0, 0.05) is 16.3 Å². The highest BCUT2D eigenvalue weighted by molar-refractivity contribution is 7.80. The number of nitrogens with zero attached hydrogens (tertiary/aromatic N) is 1. The summed E-state index contributed by atoms with van der Waals surface area (Å²) in [6.45, 7) is 2.53. The Morgan fingerprint density at radius 1 is 1.12 bits per heavy atom. The maximum Gasteiger partial charge on any atom is 0.261 e. The largest absolute Gasteiger partial charge is 0.494 e. The number of amides is 1. The summed E-state index contributed by atoms with van der Waals surface area (Å²) in [5.74, 6) is 0.953. The van der Waals surface area contributed by atoms with Gasteiger partial charge in [0.15, 0.2) is 10.7 Å². The zero-order valence-corrected chi connectivity index (χ0v) is 20.5. The minimum Gasteiger partial charge on any atom is -0.494 e. The molecule has 0 bridgehead atoms. The lowest BCUT2D eigenvalue weighted by atomic mass is 10.2. The standard InChI is InChI=1S/C24H19Cl2N3O4S/c1-3-32-16-7-4-13(5-8-16)23-28-19-12-15(6-9-20(19)33-23)27-24(34)29-22(30)17-10-14(25)11-18(26)21(17)31-2/h4-12H,3H2,1-2H3,(H2,27,29,30,34). The van der Waals surface area contributed by atoms with Crippen LogP contribution in [0.5, 0.6) is 11.5 Å². The molecule has 10 heteroatoms. The van der Waals surface area contributed by atoms with Crippen molar-refractivity contribution in [2.75, 3.05) is 19.0 Å². The molecule has 0 aliphatic rings. The molecular formula is C24H19Cl2N3O4S. The number of fused-ring (bicyclic) bond motifs is 1. The molecule has 4 rings (SSSR count).